The van der Waals surface area contributed by atoms with Crippen molar-refractivity contribution in [2.24, 2.45) is 0 Å². The molecule has 0 radical (unpaired) electrons. The van der Waals surface area contributed by atoms with E-state index in [9.17, 15) is 0 Å². The Morgan fingerprint density at radius 1 is 1.15 bits per heavy atom. The quantitative estimate of drug-likeness (QED) is 0.743. The Morgan fingerprint density at radius 3 is 2.85 bits per heavy atom. The summed E-state index contributed by atoms with van der Waals surface area (Å²) in [6.45, 7) is 0.659. The summed E-state index contributed by atoms with van der Waals surface area (Å²) < 4.78 is 11.1. The van der Waals surface area contributed by atoms with E-state index in [1.807, 2.05) is 26.4 Å². The van der Waals surface area contributed by atoms with Crippen molar-refractivity contribution in [3.63, 3.8) is 0 Å². The van der Waals surface area contributed by atoms with Crippen molar-refractivity contribution in [2.75, 3.05) is 38.0 Å². The first kappa shape index (κ1) is 17.1. The summed E-state index contributed by atoms with van der Waals surface area (Å²) in [5.41, 5.74) is 5.40. The molecule has 1 aliphatic rings. The Kier molecular flexibility index (Phi) is 4.54. The summed E-state index contributed by atoms with van der Waals surface area (Å²) in [6, 6.07) is 10.3. The van der Waals surface area contributed by atoms with Crippen LogP contribution in [0, 0.1) is 0 Å². The maximum atomic E-state index is 5.91. The molecule has 0 aliphatic carbocycles. The van der Waals surface area contributed by atoms with Gasteiger partial charge in [0, 0.05) is 49.6 Å². The second kappa shape index (κ2) is 7.15. The van der Waals surface area contributed by atoms with Crippen LogP contribution in [0.1, 0.15) is 5.56 Å². The maximum absolute atomic E-state index is 5.91. The minimum absolute atomic E-state index is 0.659. The molecule has 6 heteroatoms. The predicted octanol–water partition coefficient (Wildman–Crippen LogP) is 3.90. The number of anilines is 3. The lowest BCUT2D eigenvalue weighted by Gasteiger charge is -2.16. The van der Waals surface area contributed by atoms with E-state index in [0.717, 1.165) is 34.7 Å². The van der Waals surface area contributed by atoms with Gasteiger partial charge in [0.15, 0.2) is 11.6 Å². The number of rotatable bonds is 5. The van der Waals surface area contributed by atoms with Crippen LogP contribution in [-0.2, 0) is 6.42 Å². The molecule has 0 unspecified atom stereocenters. The molecule has 1 aromatic carbocycles. The number of pyridine rings is 2. The van der Waals surface area contributed by atoms with Crippen molar-refractivity contribution in [1.82, 2.24) is 9.97 Å². The number of ether oxygens (including phenoxy) is 2. The van der Waals surface area contributed by atoms with Gasteiger partial charge in [0.1, 0.15) is 5.75 Å². The predicted molar refractivity (Wildman–Crippen MR) is 107 cm³/mol. The molecule has 0 saturated carbocycles. The van der Waals surface area contributed by atoms with Crippen molar-refractivity contribution in [1.29, 1.82) is 0 Å². The summed E-state index contributed by atoms with van der Waals surface area (Å²) in [5, 5.41) is 3.30. The van der Waals surface area contributed by atoms with Crippen LogP contribution in [0.2, 0.25) is 0 Å². The molecule has 2 aromatic heterocycles. The molecule has 0 fully saturated rings. The van der Waals surface area contributed by atoms with Gasteiger partial charge in [-0.05, 0) is 17.7 Å². The summed E-state index contributed by atoms with van der Waals surface area (Å²) in [7, 11) is 5.71. The van der Waals surface area contributed by atoms with Crippen molar-refractivity contribution < 1.29 is 9.47 Å². The lowest BCUT2D eigenvalue weighted by Crippen LogP contribution is -2.08. The maximum Gasteiger partial charge on any atom is 0.173 e. The van der Waals surface area contributed by atoms with Crippen LogP contribution < -0.4 is 19.7 Å². The van der Waals surface area contributed by atoms with Gasteiger partial charge in [0.25, 0.3) is 0 Å². The standard InChI is InChI=1S/C21H22N4O2/c1-25(2)16-6-4-5-14(9-16)19-13-23-21(20-18(19)7-8-27-20)24-15-10-17(26-3)12-22-11-15/h4-6,9-13H,7-8H2,1-3H3,(H,23,24). The zero-order valence-corrected chi connectivity index (χ0v) is 15.7. The number of benzene rings is 1. The zero-order valence-electron chi connectivity index (χ0n) is 15.7. The summed E-state index contributed by atoms with van der Waals surface area (Å²) in [6.07, 6.45) is 6.18. The van der Waals surface area contributed by atoms with Gasteiger partial charge in [-0.25, -0.2) is 4.98 Å². The normalized spacial score (nSPS) is 12.3. The number of fused-ring (bicyclic) bond motifs is 1. The lowest BCUT2D eigenvalue weighted by atomic mass is 9.99. The minimum Gasteiger partial charge on any atom is -0.495 e. The third-order valence-electron chi connectivity index (χ3n) is 4.62. The van der Waals surface area contributed by atoms with Crippen molar-refractivity contribution >= 4 is 17.2 Å². The third kappa shape index (κ3) is 3.38. The second-order valence-corrected chi connectivity index (χ2v) is 6.61. The van der Waals surface area contributed by atoms with E-state index >= 15 is 0 Å². The number of aromatic nitrogens is 2. The van der Waals surface area contributed by atoms with Crippen LogP contribution >= 0.6 is 0 Å². The van der Waals surface area contributed by atoms with Crippen molar-refractivity contribution in [3.8, 4) is 22.6 Å². The zero-order chi connectivity index (χ0) is 18.8. The van der Waals surface area contributed by atoms with Gasteiger partial charge in [-0.1, -0.05) is 12.1 Å². The van der Waals surface area contributed by atoms with Gasteiger partial charge in [-0.3, -0.25) is 4.98 Å². The van der Waals surface area contributed by atoms with Crippen LogP contribution in [0.25, 0.3) is 11.1 Å². The molecule has 3 aromatic rings. The van der Waals surface area contributed by atoms with Crippen LogP contribution in [-0.4, -0.2) is 37.8 Å². The second-order valence-electron chi connectivity index (χ2n) is 6.61. The molecule has 0 atom stereocenters. The molecule has 27 heavy (non-hydrogen) atoms. The Balaban J connectivity index is 1.71. The molecule has 6 nitrogen and oxygen atoms in total. The van der Waals surface area contributed by atoms with Gasteiger partial charge in [0.05, 0.1) is 31.8 Å². The van der Waals surface area contributed by atoms with Crippen molar-refractivity contribution in [3.05, 3.63) is 54.5 Å². The van der Waals surface area contributed by atoms with Gasteiger partial charge in [-0.2, -0.15) is 0 Å². The van der Waals surface area contributed by atoms with Gasteiger partial charge in [-0.15, -0.1) is 0 Å². The molecule has 4 rings (SSSR count). The van der Waals surface area contributed by atoms with E-state index in [-0.39, 0.29) is 0 Å². The number of nitrogens with one attached hydrogen (secondary N) is 1. The molecule has 0 bridgehead atoms. The first-order chi connectivity index (χ1) is 13.2. The first-order valence-electron chi connectivity index (χ1n) is 8.84. The molecule has 3 heterocycles. The molecule has 1 aliphatic heterocycles. The fourth-order valence-corrected chi connectivity index (χ4v) is 3.21. The molecule has 138 valence electrons. The largest absolute Gasteiger partial charge is 0.495 e. The van der Waals surface area contributed by atoms with Crippen LogP contribution in [0.3, 0.4) is 0 Å². The van der Waals surface area contributed by atoms with E-state index in [2.05, 4.69) is 44.5 Å². The molecule has 0 amide bonds. The van der Waals surface area contributed by atoms with Gasteiger partial charge in [0.2, 0.25) is 0 Å². The van der Waals surface area contributed by atoms with Gasteiger partial charge >= 0.3 is 0 Å². The van der Waals surface area contributed by atoms with Crippen LogP contribution in [0.5, 0.6) is 11.5 Å². The van der Waals surface area contributed by atoms with Crippen LogP contribution in [0.15, 0.2) is 48.9 Å². The van der Waals surface area contributed by atoms with E-state index in [4.69, 9.17) is 9.47 Å². The summed E-state index contributed by atoms with van der Waals surface area (Å²) >= 11 is 0. The Hall–Kier alpha value is -3.28. The highest BCUT2D eigenvalue weighted by Gasteiger charge is 2.22. The highest BCUT2D eigenvalue weighted by Crippen LogP contribution is 2.40. The lowest BCUT2D eigenvalue weighted by molar-refractivity contribution is 0.357. The fourth-order valence-electron chi connectivity index (χ4n) is 3.21. The monoisotopic (exact) mass is 362 g/mol. The highest BCUT2D eigenvalue weighted by atomic mass is 16.5. The molecular weight excluding hydrogens is 340 g/mol. The number of hydrogen-bond donors (Lipinski definition) is 1. The Bertz CT molecular complexity index is 972. The smallest absolute Gasteiger partial charge is 0.173 e. The van der Waals surface area contributed by atoms with E-state index < -0.39 is 0 Å². The average Bonchev–Trinajstić information content (AvgIpc) is 3.19. The highest BCUT2D eigenvalue weighted by molar-refractivity contribution is 5.77. The minimum atomic E-state index is 0.659. The SMILES string of the molecule is COc1cncc(Nc2ncc(-c3cccc(N(C)C)c3)c3c2OCC3)c1. The summed E-state index contributed by atoms with van der Waals surface area (Å²) in [4.78, 5) is 10.9. The molecule has 1 N–H and O–H groups in total. The number of nitrogens with zero attached hydrogens (tertiary/aromatic N) is 3. The Labute approximate surface area is 158 Å². The topological polar surface area (TPSA) is 59.5 Å². The molecular formula is C21H22N4O2. The van der Waals surface area contributed by atoms with Crippen LogP contribution in [0.4, 0.5) is 17.2 Å². The fraction of sp³-hybridized carbons (Fsp3) is 0.238. The number of methoxy groups -OCH3 is 1. The molecule has 0 saturated heterocycles. The van der Waals surface area contributed by atoms with Gasteiger partial charge < -0.3 is 19.7 Å². The Morgan fingerprint density at radius 2 is 2.04 bits per heavy atom. The third-order valence-corrected chi connectivity index (χ3v) is 4.62. The first-order valence-corrected chi connectivity index (χ1v) is 8.84. The van der Waals surface area contributed by atoms with E-state index in [1.165, 1.54) is 5.56 Å². The van der Waals surface area contributed by atoms with E-state index in [1.54, 1.807) is 19.5 Å². The molecule has 0 spiro atoms. The average molecular weight is 362 g/mol. The van der Waals surface area contributed by atoms with Crippen molar-refractivity contribution in [2.45, 2.75) is 6.42 Å². The summed E-state index contributed by atoms with van der Waals surface area (Å²) in [5.74, 6) is 2.20. The number of hydrogen-bond acceptors (Lipinski definition) is 6. The van der Waals surface area contributed by atoms with E-state index in [0.29, 0.717) is 18.2 Å².